The summed E-state index contributed by atoms with van der Waals surface area (Å²) in [4.78, 5) is 12.6. The van der Waals surface area contributed by atoms with Gasteiger partial charge < -0.3 is 9.47 Å². The first-order chi connectivity index (χ1) is 17.5. The van der Waals surface area contributed by atoms with Crippen molar-refractivity contribution >= 4 is 0 Å². The van der Waals surface area contributed by atoms with E-state index in [1.165, 1.54) is 34.4 Å². The van der Waals surface area contributed by atoms with Crippen molar-refractivity contribution in [2.75, 3.05) is 52.5 Å². The zero-order chi connectivity index (χ0) is 25.1. The van der Waals surface area contributed by atoms with Crippen LogP contribution < -0.4 is 4.74 Å². The first-order valence-electron chi connectivity index (χ1n) is 14.0. The van der Waals surface area contributed by atoms with E-state index < -0.39 is 0 Å². The lowest BCUT2D eigenvalue weighted by Crippen LogP contribution is -2.46. The van der Waals surface area contributed by atoms with Crippen LogP contribution in [0.1, 0.15) is 60.7 Å². The van der Waals surface area contributed by atoms with Crippen LogP contribution in [0.4, 0.5) is 0 Å². The number of rotatable bonds is 10. The predicted molar refractivity (Wildman–Crippen MR) is 145 cm³/mol. The largest absolute Gasteiger partial charge is 0.493 e. The Labute approximate surface area is 217 Å². The normalized spacial score (nSPS) is 23.9. The summed E-state index contributed by atoms with van der Waals surface area (Å²) in [7, 11) is 0. The maximum atomic E-state index is 6.22. The molecular weight excluding hydrogens is 448 g/mol. The first-order valence-corrected chi connectivity index (χ1v) is 14.0. The van der Waals surface area contributed by atoms with Gasteiger partial charge in [0.05, 0.1) is 25.5 Å². The third-order valence-corrected chi connectivity index (χ3v) is 8.76. The number of aromatic nitrogens is 1. The molecule has 196 valence electrons. The second-order valence-corrected chi connectivity index (χ2v) is 10.9. The van der Waals surface area contributed by atoms with Gasteiger partial charge in [0.1, 0.15) is 5.75 Å². The van der Waals surface area contributed by atoms with Crippen LogP contribution >= 0.6 is 0 Å². The zero-order valence-corrected chi connectivity index (χ0v) is 22.7. The Hall–Kier alpha value is -1.99. The molecule has 0 N–H and O–H groups in total. The van der Waals surface area contributed by atoms with Crippen molar-refractivity contribution in [2.45, 2.75) is 71.6 Å². The molecule has 36 heavy (non-hydrogen) atoms. The summed E-state index contributed by atoms with van der Waals surface area (Å²) in [5.74, 6) is 1.04. The van der Waals surface area contributed by atoms with Crippen molar-refractivity contribution < 1.29 is 9.47 Å². The molecule has 1 aromatic heterocycles. The predicted octanol–water partition coefficient (Wildman–Crippen LogP) is 4.38. The van der Waals surface area contributed by atoms with Crippen LogP contribution in [-0.4, -0.2) is 84.3 Å². The van der Waals surface area contributed by atoms with E-state index in [9.17, 15) is 0 Å². The second-order valence-electron chi connectivity index (χ2n) is 10.9. The molecule has 5 rings (SSSR count). The lowest BCUT2D eigenvalue weighted by Gasteiger charge is -2.38. The number of aryl methyl sites for hydroxylation is 1. The highest BCUT2D eigenvalue weighted by molar-refractivity contribution is 5.45. The molecule has 3 aliphatic heterocycles. The third-order valence-electron chi connectivity index (χ3n) is 8.76. The Bertz CT molecular complexity index is 1000. The van der Waals surface area contributed by atoms with Gasteiger partial charge in [-0.25, -0.2) is 0 Å². The fraction of sp³-hybridized carbons (Fsp3) is 0.633. The van der Waals surface area contributed by atoms with Gasteiger partial charge in [-0.05, 0) is 74.4 Å². The number of nitrogens with zero attached hydrogens (tertiary/aromatic N) is 4. The van der Waals surface area contributed by atoms with Crippen LogP contribution in [0.5, 0.6) is 5.75 Å². The molecule has 6 heteroatoms. The molecule has 2 bridgehead atoms. The molecule has 3 atom stereocenters. The molecule has 0 aliphatic carbocycles. The van der Waals surface area contributed by atoms with Crippen molar-refractivity contribution in [1.29, 1.82) is 0 Å². The van der Waals surface area contributed by atoms with Crippen LogP contribution in [0.2, 0.25) is 0 Å². The number of piperazine rings is 1. The SMILES string of the molecule is CCc1ccc(CN2CC3CC2CN3[C@@H](C)c2ccc(OCCCN3CCOCC3)c(C)c2C)nc1. The quantitative estimate of drug-likeness (QED) is 0.459. The molecule has 2 unspecified atom stereocenters. The van der Waals surface area contributed by atoms with Gasteiger partial charge in [0, 0.05) is 63.6 Å². The van der Waals surface area contributed by atoms with Crippen molar-refractivity contribution in [3.63, 3.8) is 0 Å². The van der Waals surface area contributed by atoms with E-state index in [4.69, 9.17) is 14.5 Å². The van der Waals surface area contributed by atoms with Gasteiger partial charge >= 0.3 is 0 Å². The summed E-state index contributed by atoms with van der Waals surface area (Å²) in [6.07, 6.45) is 5.43. The highest BCUT2D eigenvalue weighted by Gasteiger charge is 2.45. The van der Waals surface area contributed by atoms with Crippen LogP contribution in [-0.2, 0) is 17.7 Å². The number of pyridine rings is 1. The van der Waals surface area contributed by atoms with Gasteiger partial charge in [-0.1, -0.05) is 19.1 Å². The topological polar surface area (TPSA) is 41.1 Å². The first kappa shape index (κ1) is 25.7. The molecule has 0 saturated carbocycles. The molecule has 3 aliphatic rings. The number of fused-ring (bicyclic) bond motifs is 2. The molecule has 3 saturated heterocycles. The Morgan fingerprint density at radius 2 is 1.89 bits per heavy atom. The Balaban J connectivity index is 1.14. The van der Waals surface area contributed by atoms with Crippen molar-refractivity contribution in [3.8, 4) is 5.75 Å². The summed E-state index contributed by atoms with van der Waals surface area (Å²) in [5.41, 5.74) is 6.64. The van der Waals surface area contributed by atoms with E-state index in [1.54, 1.807) is 0 Å². The third kappa shape index (κ3) is 5.62. The van der Waals surface area contributed by atoms with Crippen molar-refractivity contribution in [2.24, 2.45) is 0 Å². The van der Waals surface area contributed by atoms with E-state index in [-0.39, 0.29) is 0 Å². The number of ether oxygens (including phenoxy) is 2. The molecule has 0 amide bonds. The molecule has 3 fully saturated rings. The van der Waals surface area contributed by atoms with Crippen molar-refractivity contribution in [1.82, 2.24) is 19.7 Å². The molecule has 6 nitrogen and oxygen atoms in total. The van der Waals surface area contributed by atoms with E-state index in [0.717, 1.165) is 77.7 Å². The highest BCUT2D eigenvalue weighted by Crippen LogP contribution is 2.39. The van der Waals surface area contributed by atoms with E-state index >= 15 is 0 Å². The minimum atomic E-state index is 0.429. The number of benzene rings is 1. The van der Waals surface area contributed by atoms with E-state index in [1.807, 2.05) is 6.20 Å². The van der Waals surface area contributed by atoms with Crippen LogP contribution in [0.25, 0.3) is 0 Å². The highest BCUT2D eigenvalue weighted by atomic mass is 16.5. The fourth-order valence-electron chi connectivity index (χ4n) is 6.31. The van der Waals surface area contributed by atoms with Gasteiger partial charge in [0.2, 0.25) is 0 Å². The Morgan fingerprint density at radius 3 is 2.58 bits per heavy atom. The number of morpholine rings is 1. The lowest BCUT2D eigenvalue weighted by molar-refractivity contribution is 0.0358. The fourth-order valence-corrected chi connectivity index (χ4v) is 6.31. The Morgan fingerprint density at radius 1 is 1.06 bits per heavy atom. The summed E-state index contributed by atoms with van der Waals surface area (Å²) in [6.45, 7) is 18.0. The maximum Gasteiger partial charge on any atom is 0.122 e. The molecule has 4 heterocycles. The molecule has 0 spiro atoms. The van der Waals surface area contributed by atoms with Gasteiger partial charge in [0.15, 0.2) is 0 Å². The van der Waals surface area contributed by atoms with Gasteiger partial charge in [-0.3, -0.25) is 19.7 Å². The number of hydrogen-bond acceptors (Lipinski definition) is 6. The van der Waals surface area contributed by atoms with Gasteiger partial charge in [-0.2, -0.15) is 0 Å². The van der Waals surface area contributed by atoms with Crippen LogP contribution in [0.3, 0.4) is 0 Å². The summed E-state index contributed by atoms with van der Waals surface area (Å²) < 4.78 is 11.7. The maximum absolute atomic E-state index is 6.22. The van der Waals surface area contributed by atoms with Crippen molar-refractivity contribution in [3.05, 3.63) is 58.4 Å². The molecule has 0 radical (unpaired) electrons. The Kier molecular flexibility index (Phi) is 8.26. The van der Waals surface area contributed by atoms with E-state index in [0.29, 0.717) is 18.1 Å². The average molecular weight is 493 g/mol. The zero-order valence-electron chi connectivity index (χ0n) is 22.7. The average Bonchev–Trinajstić information content (AvgIpc) is 3.50. The summed E-state index contributed by atoms with van der Waals surface area (Å²) in [6, 6.07) is 10.7. The monoisotopic (exact) mass is 492 g/mol. The van der Waals surface area contributed by atoms with Gasteiger partial charge in [-0.15, -0.1) is 0 Å². The minimum absolute atomic E-state index is 0.429. The molecule has 2 aromatic rings. The van der Waals surface area contributed by atoms with Crippen LogP contribution in [0.15, 0.2) is 30.5 Å². The molecular formula is C30H44N4O2. The lowest BCUT2D eigenvalue weighted by atomic mass is 9.96. The van der Waals surface area contributed by atoms with Gasteiger partial charge in [0.25, 0.3) is 0 Å². The minimum Gasteiger partial charge on any atom is -0.493 e. The van der Waals surface area contributed by atoms with Crippen LogP contribution in [0, 0.1) is 13.8 Å². The smallest absolute Gasteiger partial charge is 0.122 e. The summed E-state index contributed by atoms with van der Waals surface area (Å²) >= 11 is 0. The van der Waals surface area contributed by atoms with E-state index in [2.05, 4.69) is 66.7 Å². The summed E-state index contributed by atoms with van der Waals surface area (Å²) in [5, 5.41) is 0. The molecule has 1 aromatic carbocycles. The number of hydrogen-bond donors (Lipinski definition) is 0. The standard InChI is InChI=1S/C30H44N4O2/c1-5-25-7-8-26(31-18-25)19-33-20-28-17-27(33)21-34(28)24(4)29-9-10-30(23(3)22(29)2)36-14-6-11-32-12-15-35-16-13-32/h7-10,18,24,27-28H,5-6,11-17,19-21H2,1-4H3/t24-,27?,28?/m0/s1. The number of likely N-dealkylation sites (tertiary alicyclic amines) is 2. The second kappa shape index (κ2) is 11.6.